The topological polar surface area (TPSA) is 59.8 Å². The first-order chi connectivity index (χ1) is 15.3. The van der Waals surface area contributed by atoms with Gasteiger partial charge in [0, 0.05) is 34.1 Å². The quantitative estimate of drug-likeness (QED) is 0.348. The van der Waals surface area contributed by atoms with Crippen LogP contribution in [-0.2, 0) is 11.8 Å². The molecule has 1 amide bonds. The van der Waals surface area contributed by atoms with E-state index in [2.05, 4.69) is 65.9 Å². The lowest BCUT2D eigenvalue weighted by atomic mass is 10.0. The second kappa shape index (κ2) is 9.30. The van der Waals surface area contributed by atoms with Gasteiger partial charge < -0.3 is 9.88 Å². The van der Waals surface area contributed by atoms with Gasteiger partial charge >= 0.3 is 0 Å². The molecule has 0 aliphatic carbocycles. The lowest BCUT2D eigenvalue weighted by molar-refractivity contribution is -0.113. The maximum Gasteiger partial charge on any atom is 0.234 e. The van der Waals surface area contributed by atoms with Gasteiger partial charge in [-0.2, -0.15) is 0 Å². The van der Waals surface area contributed by atoms with Crippen LogP contribution in [0.5, 0.6) is 0 Å². The van der Waals surface area contributed by atoms with Crippen LogP contribution >= 0.6 is 23.1 Å². The second-order valence-corrected chi connectivity index (χ2v) is 9.97. The first-order valence-corrected chi connectivity index (χ1v) is 12.2. The van der Waals surface area contributed by atoms with Crippen molar-refractivity contribution in [3.63, 3.8) is 0 Å². The zero-order valence-corrected chi connectivity index (χ0v) is 20.5. The number of carbonyl (C=O) groups is 1. The molecule has 2 aromatic carbocycles. The van der Waals surface area contributed by atoms with Crippen LogP contribution in [0, 0.1) is 27.7 Å². The SMILES string of the molecule is Cc1ccc(-c2c(-c3nnc(SCC(=O)Nc4ccc(C)c(C)c4)n3C)csc2C)cc1. The number of aryl methyl sites for hydroxylation is 4. The van der Waals surface area contributed by atoms with E-state index in [9.17, 15) is 4.79 Å². The fourth-order valence-corrected chi connectivity index (χ4v) is 5.09. The molecule has 0 aliphatic heterocycles. The Hall–Kier alpha value is -2.90. The number of benzene rings is 2. The fraction of sp³-hybridized carbons (Fsp3) is 0.240. The molecule has 0 spiro atoms. The highest BCUT2D eigenvalue weighted by molar-refractivity contribution is 7.99. The first-order valence-electron chi connectivity index (χ1n) is 10.4. The normalized spacial score (nSPS) is 11.0. The van der Waals surface area contributed by atoms with Crippen molar-refractivity contribution >= 4 is 34.7 Å². The lowest BCUT2D eigenvalue weighted by Gasteiger charge is -2.08. The van der Waals surface area contributed by atoms with E-state index >= 15 is 0 Å². The summed E-state index contributed by atoms with van der Waals surface area (Å²) in [6.45, 7) is 8.32. The number of nitrogens with one attached hydrogen (secondary N) is 1. The summed E-state index contributed by atoms with van der Waals surface area (Å²) in [4.78, 5) is 13.7. The van der Waals surface area contributed by atoms with Gasteiger partial charge in [0.25, 0.3) is 0 Å². The van der Waals surface area contributed by atoms with Crippen LogP contribution in [0.25, 0.3) is 22.5 Å². The van der Waals surface area contributed by atoms with E-state index in [0.29, 0.717) is 5.16 Å². The molecule has 0 saturated heterocycles. The number of amides is 1. The third-order valence-corrected chi connectivity index (χ3v) is 7.45. The predicted molar refractivity (Wildman–Crippen MR) is 134 cm³/mol. The molecular weight excluding hydrogens is 436 g/mol. The van der Waals surface area contributed by atoms with Crippen molar-refractivity contribution in [1.82, 2.24) is 14.8 Å². The second-order valence-electron chi connectivity index (χ2n) is 7.95. The molecule has 0 radical (unpaired) electrons. The van der Waals surface area contributed by atoms with E-state index < -0.39 is 0 Å². The molecule has 4 rings (SSSR count). The molecule has 0 fully saturated rings. The molecule has 7 heteroatoms. The van der Waals surface area contributed by atoms with Crippen LogP contribution in [0.1, 0.15) is 21.6 Å². The van der Waals surface area contributed by atoms with Crippen molar-refractivity contribution in [2.45, 2.75) is 32.9 Å². The number of carbonyl (C=O) groups excluding carboxylic acids is 1. The highest BCUT2D eigenvalue weighted by Gasteiger charge is 2.19. The van der Waals surface area contributed by atoms with Crippen molar-refractivity contribution < 1.29 is 4.79 Å². The summed E-state index contributed by atoms with van der Waals surface area (Å²) in [5.74, 6) is 1.02. The Morgan fingerprint density at radius 1 is 1.03 bits per heavy atom. The molecule has 5 nitrogen and oxygen atoms in total. The summed E-state index contributed by atoms with van der Waals surface area (Å²) in [5, 5.41) is 14.6. The van der Waals surface area contributed by atoms with Gasteiger partial charge in [0.15, 0.2) is 11.0 Å². The summed E-state index contributed by atoms with van der Waals surface area (Å²) in [7, 11) is 1.95. The van der Waals surface area contributed by atoms with Crippen LogP contribution < -0.4 is 5.32 Å². The van der Waals surface area contributed by atoms with E-state index in [1.807, 2.05) is 36.7 Å². The summed E-state index contributed by atoms with van der Waals surface area (Å²) in [6.07, 6.45) is 0. The number of hydrogen-bond acceptors (Lipinski definition) is 5. The molecule has 2 aromatic heterocycles. The number of rotatable bonds is 6. The van der Waals surface area contributed by atoms with Crippen LogP contribution in [-0.4, -0.2) is 26.4 Å². The molecule has 0 aliphatic rings. The molecule has 1 N–H and O–H groups in total. The average molecular weight is 463 g/mol. The van der Waals surface area contributed by atoms with Crippen molar-refractivity contribution in [3.05, 3.63) is 69.4 Å². The maximum atomic E-state index is 12.5. The number of hydrogen-bond donors (Lipinski definition) is 1. The minimum atomic E-state index is -0.0606. The number of anilines is 1. The molecular formula is C25H26N4OS2. The van der Waals surface area contributed by atoms with E-state index in [1.54, 1.807) is 11.3 Å². The van der Waals surface area contributed by atoms with Gasteiger partial charge in [-0.3, -0.25) is 4.79 Å². The van der Waals surface area contributed by atoms with Gasteiger partial charge in [0.1, 0.15) is 0 Å². The molecule has 164 valence electrons. The first kappa shape index (κ1) is 22.3. The molecule has 2 heterocycles. The standard InChI is InChI=1S/C25H26N4OS2/c1-15-6-9-19(10-7-15)23-18(4)31-13-21(23)24-27-28-25(29(24)5)32-14-22(30)26-20-11-8-16(2)17(3)12-20/h6-13H,14H2,1-5H3,(H,26,30). The van der Waals surface area contributed by atoms with E-state index in [4.69, 9.17) is 0 Å². The van der Waals surface area contributed by atoms with Gasteiger partial charge in [0.05, 0.1) is 5.75 Å². The highest BCUT2D eigenvalue weighted by Crippen LogP contribution is 2.38. The van der Waals surface area contributed by atoms with Crippen LogP contribution in [0.2, 0.25) is 0 Å². The van der Waals surface area contributed by atoms with Gasteiger partial charge in [-0.15, -0.1) is 21.5 Å². The smallest absolute Gasteiger partial charge is 0.234 e. The summed E-state index contributed by atoms with van der Waals surface area (Å²) in [6, 6.07) is 14.5. The minimum Gasteiger partial charge on any atom is -0.325 e. The Morgan fingerprint density at radius 2 is 1.78 bits per heavy atom. The Bertz CT molecular complexity index is 1270. The zero-order valence-electron chi connectivity index (χ0n) is 18.9. The van der Waals surface area contributed by atoms with Gasteiger partial charge in [-0.1, -0.05) is 47.7 Å². The minimum absolute atomic E-state index is 0.0606. The zero-order chi connectivity index (χ0) is 22.8. The molecule has 0 unspecified atom stereocenters. The monoisotopic (exact) mass is 462 g/mol. The highest BCUT2D eigenvalue weighted by atomic mass is 32.2. The van der Waals surface area contributed by atoms with Gasteiger partial charge in [-0.25, -0.2) is 0 Å². The average Bonchev–Trinajstić information content (AvgIpc) is 3.32. The number of nitrogens with zero attached hydrogens (tertiary/aromatic N) is 3. The van der Waals surface area contributed by atoms with Crippen molar-refractivity contribution in [2.75, 3.05) is 11.1 Å². The van der Waals surface area contributed by atoms with E-state index in [-0.39, 0.29) is 11.7 Å². The number of thioether (sulfide) groups is 1. The summed E-state index contributed by atoms with van der Waals surface area (Å²) in [5.41, 5.74) is 7.84. The van der Waals surface area contributed by atoms with E-state index in [0.717, 1.165) is 22.6 Å². The molecule has 0 saturated carbocycles. The van der Waals surface area contributed by atoms with E-state index in [1.165, 1.54) is 38.9 Å². The van der Waals surface area contributed by atoms with Gasteiger partial charge in [0.2, 0.25) is 5.91 Å². The Morgan fingerprint density at radius 3 is 2.50 bits per heavy atom. The van der Waals surface area contributed by atoms with Crippen molar-refractivity contribution in [2.24, 2.45) is 7.05 Å². The molecule has 32 heavy (non-hydrogen) atoms. The lowest BCUT2D eigenvalue weighted by Crippen LogP contribution is -2.14. The van der Waals surface area contributed by atoms with Crippen molar-refractivity contribution in [1.29, 1.82) is 0 Å². The number of thiophene rings is 1. The Kier molecular flexibility index (Phi) is 6.48. The van der Waals surface area contributed by atoms with Crippen molar-refractivity contribution in [3.8, 4) is 22.5 Å². The maximum absolute atomic E-state index is 12.5. The third-order valence-electron chi connectivity index (χ3n) is 5.51. The molecule has 0 bridgehead atoms. The Labute approximate surface area is 196 Å². The molecule has 4 aromatic rings. The summed E-state index contributed by atoms with van der Waals surface area (Å²) < 4.78 is 1.97. The van der Waals surface area contributed by atoms with Crippen LogP contribution in [0.4, 0.5) is 5.69 Å². The van der Waals surface area contributed by atoms with Crippen LogP contribution in [0.15, 0.2) is 53.0 Å². The molecule has 0 atom stereocenters. The largest absolute Gasteiger partial charge is 0.325 e. The Balaban J connectivity index is 1.50. The van der Waals surface area contributed by atoms with Crippen LogP contribution in [0.3, 0.4) is 0 Å². The third kappa shape index (κ3) is 4.64. The summed E-state index contributed by atoms with van der Waals surface area (Å²) >= 11 is 3.10. The predicted octanol–water partition coefficient (Wildman–Crippen LogP) is 6.18. The number of aromatic nitrogens is 3. The fourth-order valence-electron chi connectivity index (χ4n) is 3.52. The van der Waals surface area contributed by atoms with Gasteiger partial charge in [-0.05, 0) is 56.5 Å².